The van der Waals surface area contributed by atoms with Gasteiger partial charge in [-0.3, -0.25) is 0 Å². The molecule has 2 aromatic carbocycles. The fraction of sp³-hybridized carbons (Fsp3) is 0.294. The zero-order valence-corrected chi connectivity index (χ0v) is 13.8. The lowest BCUT2D eigenvalue weighted by molar-refractivity contribution is 0.734. The van der Waals surface area contributed by atoms with Crippen LogP contribution in [0.3, 0.4) is 0 Å². The Morgan fingerprint density at radius 2 is 1.81 bits per heavy atom. The van der Waals surface area contributed by atoms with Gasteiger partial charge in [0.05, 0.1) is 6.04 Å². The van der Waals surface area contributed by atoms with Gasteiger partial charge in [0.2, 0.25) is 0 Å². The van der Waals surface area contributed by atoms with E-state index < -0.39 is 0 Å². The summed E-state index contributed by atoms with van der Waals surface area (Å²) in [5.41, 5.74) is 9.19. The largest absolute Gasteiger partial charge is 0.368 e. The van der Waals surface area contributed by atoms with Crippen LogP contribution in [-0.4, -0.2) is 13.6 Å². The lowest BCUT2D eigenvalue weighted by Gasteiger charge is -2.29. The van der Waals surface area contributed by atoms with E-state index in [-0.39, 0.29) is 6.04 Å². The molecule has 0 aliphatic rings. The van der Waals surface area contributed by atoms with E-state index >= 15 is 0 Å². The second kappa shape index (κ2) is 7.17. The highest BCUT2D eigenvalue weighted by atomic mass is 35.5. The summed E-state index contributed by atoms with van der Waals surface area (Å²) in [7, 11) is 2.07. The Labute approximate surface area is 136 Å². The van der Waals surface area contributed by atoms with Gasteiger partial charge >= 0.3 is 0 Å². The van der Waals surface area contributed by atoms with E-state index in [0.717, 1.165) is 22.2 Å². The molecule has 0 saturated carbocycles. The molecule has 0 heterocycles. The Morgan fingerprint density at radius 1 is 1.10 bits per heavy atom. The van der Waals surface area contributed by atoms with E-state index in [2.05, 4.69) is 24.9 Å². The van der Waals surface area contributed by atoms with Crippen LogP contribution in [0, 0.1) is 0 Å². The average Bonchev–Trinajstić information content (AvgIpc) is 2.48. The first-order chi connectivity index (χ1) is 10.0. The Kier molecular flexibility index (Phi) is 5.51. The van der Waals surface area contributed by atoms with Gasteiger partial charge in [-0.05, 0) is 55.3 Å². The number of hydrogen-bond acceptors (Lipinski definition) is 2. The Bertz CT molecular complexity index is 613. The quantitative estimate of drug-likeness (QED) is 0.865. The number of anilines is 1. The minimum absolute atomic E-state index is 0.193. The molecule has 2 N–H and O–H groups in total. The number of nitrogens with zero attached hydrogens (tertiary/aromatic N) is 1. The molecule has 2 aromatic rings. The zero-order chi connectivity index (χ0) is 15.4. The first-order valence-electron chi connectivity index (χ1n) is 6.99. The predicted octanol–water partition coefficient (Wildman–Crippen LogP) is 4.69. The maximum absolute atomic E-state index is 6.16. The van der Waals surface area contributed by atoms with Gasteiger partial charge in [0, 0.05) is 22.8 Å². The molecule has 0 radical (unpaired) electrons. The van der Waals surface area contributed by atoms with Gasteiger partial charge in [-0.1, -0.05) is 41.4 Å². The van der Waals surface area contributed by atoms with Crippen LogP contribution in [-0.2, 0) is 6.42 Å². The molecule has 0 aromatic heterocycles. The first kappa shape index (κ1) is 16.2. The van der Waals surface area contributed by atoms with Crippen molar-refractivity contribution >= 4 is 28.9 Å². The van der Waals surface area contributed by atoms with E-state index in [1.807, 2.05) is 36.4 Å². The van der Waals surface area contributed by atoms with Gasteiger partial charge in [0.15, 0.2) is 0 Å². The summed E-state index contributed by atoms with van der Waals surface area (Å²) >= 11 is 12.2. The molecule has 0 aliphatic carbocycles. The molecule has 0 amide bonds. The summed E-state index contributed by atoms with van der Waals surface area (Å²) < 4.78 is 0. The molecule has 1 atom stereocenters. The second-order valence-electron chi connectivity index (χ2n) is 5.15. The third-order valence-electron chi connectivity index (χ3n) is 3.75. The third-order valence-corrected chi connectivity index (χ3v) is 4.22. The highest BCUT2D eigenvalue weighted by Gasteiger charge is 2.16. The number of benzene rings is 2. The van der Waals surface area contributed by atoms with E-state index in [1.165, 1.54) is 11.1 Å². The van der Waals surface area contributed by atoms with Gasteiger partial charge in [-0.25, -0.2) is 0 Å². The molecule has 2 rings (SSSR count). The molecule has 112 valence electrons. The lowest BCUT2D eigenvalue weighted by atomic mass is 10.0. The van der Waals surface area contributed by atoms with Crippen molar-refractivity contribution in [2.24, 2.45) is 5.73 Å². The lowest BCUT2D eigenvalue weighted by Crippen LogP contribution is -2.23. The van der Waals surface area contributed by atoms with Crippen LogP contribution in [0.1, 0.15) is 24.1 Å². The highest BCUT2D eigenvalue weighted by molar-refractivity contribution is 6.31. The van der Waals surface area contributed by atoms with Crippen LogP contribution < -0.4 is 10.6 Å². The van der Waals surface area contributed by atoms with Crippen molar-refractivity contribution in [1.82, 2.24) is 0 Å². The third kappa shape index (κ3) is 3.91. The fourth-order valence-corrected chi connectivity index (χ4v) is 2.80. The molecule has 0 aliphatic heterocycles. The van der Waals surface area contributed by atoms with Crippen LogP contribution in [0.5, 0.6) is 0 Å². The van der Waals surface area contributed by atoms with Crippen molar-refractivity contribution < 1.29 is 0 Å². The van der Waals surface area contributed by atoms with Crippen LogP contribution in [0.4, 0.5) is 5.69 Å². The molecule has 0 spiro atoms. The monoisotopic (exact) mass is 322 g/mol. The van der Waals surface area contributed by atoms with Gasteiger partial charge in [-0.2, -0.15) is 0 Å². The van der Waals surface area contributed by atoms with Crippen molar-refractivity contribution in [2.45, 2.75) is 19.4 Å². The number of rotatable bonds is 5. The summed E-state index contributed by atoms with van der Waals surface area (Å²) in [6, 6.07) is 14.1. The Balaban J connectivity index is 2.34. The van der Waals surface area contributed by atoms with Crippen LogP contribution in [0.2, 0.25) is 10.0 Å². The van der Waals surface area contributed by atoms with Gasteiger partial charge < -0.3 is 10.6 Å². The Hall–Kier alpha value is -1.22. The van der Waals surface area contributed by atoms with Crippen molar-refractivity contribution in [1.29, 1.82) is 0 Å². The standard InChI is InChI=1S/C17H20Cl2N2/c1-12(14-4-3-5-15(18)10-14)21(2)17-11-16(19)7-6-13(17)8-9-20/h3-7,10-12H,8-9,20H2,1-2H3. The molecule has 2 nitrogen and oxygen atoms in total. The molecular formula is C17H20Cl2N2. The minimum Gasteiger partial charge on any atom is -0.368 e. The topological polar surface area (TPSA) is 29.3 Å². The molecule has 0 bridgehead atoms. The maximum Gasteiger partial charge on any atom is 0.0511 e. The summed E-state index contributed by atoms with van der Waals surface area (Å²) in [6.07, 6.45) is 0.832. The Morgan fingerprint density at radius 3 is 2.48 bits per heavy atom. The smallest absolute Gasteiger partial charge is 0.0511 e. The molecule has 0 saturated heterocycles. The summed E-state index contributed by atoms with van der Waals surface area (Å²) in [5.74, 6) is 0. The highest BCUT2D eigenvalue weighted by Crippen LogP contribution is 2.31. The summed E-state index contributed by atoms with van der Waals surface area (Å²) in [6.45, 7) is 2.77. The van der Waals surface area contributed by atoms with Gasteiger partial charge in [0.25, 0.3) is 0 Å². The average molecular weight is 323 g/mol. The van der Waals surface area contributed by atoms with E-state index in [1.54, 1.807) is 0 Å². The van der Waals surface area contributed by atoms with Gasteiger partial charge in [0.1, 0.15) is 0 Å². The number of hydrogen-bond donors (Lipinski definition) is 1. The van der Waals surface area contributed by atoms with Crippen molar-refractivity contribution in [3.8, 4) is 0 Å². The number of halogens is 2. The predicted molar refractivity (Wildman–Crippen MR) is 92.5 cm³/mol. The normalized spacial score (nSPS) is 12.2. The van der Waals surface area contributed by atoms with Crippen molar-refractivity contribution in [3.63, 3.8) is 0 Å². The van der Waals surface area contributed by atoms with Crippen LogP contribution in [0.25, 0.3) is 0 Å². The summed E-state index contributed by atoms with van der Waals surface area (Å²) in [5, 5.41) is 1.48. The maximum atomic E-state index is 6.16. The van der Waals surface area contributed by atoms with E-state index in [9.17, 15) is 0 Å². The van der Waals surface area contributed by atoms with Crippen molar-refractivity contribution in [2.75, 3.05) is 18.5 Å². The zero-order valence-electron chi connectivity index (χ0n) is 12.3. The summed E-state index contributed by atoms with van der Waals surface area (Å²) in [4.78, 5) is 2.21. The first-order valence-corrected chi connectivity index (χ1v) is 7.75. The molecule has 4 heteroatoms. The van der Waals surface area contributed by atoms with Crippen molar-refractivity contribution in [3.05, 3.63) is 63.6 Å². The molecule has 21 heavy (non-hydrogen) atoms. The molecule has 1 unspecified atom stereocenters. The SMILES string of the molecule is CC(c1cccc(Cl)c1)N(C)c1cc(Cl)ccc1CCN. The van der Waals surface area contributed by atoms with E-state index in [0.29, 0.717) is 6.54 Å². The molecule has 0 fully saturated rings. The van der Waals surface area contributed by atoms with E-state index in [4.69, 9.17) is 28.9 Å². The van der Waals surface area contributed by atoms with Crippen LogP contribution >= 0.6 is 23.2 Å². The van der Waals surface area contributed by atoms with Gasteiger partial charge in [-0.15, -0.1) is 0 Å². The number of nitrogens with two attached hydrogens (primary N) is 1. The fourth-order valence-electron chi connectivity index (χ4n) is 2.43. The minimum atomic E-state index is 0.193. The second-order valence-corrected chi connectivity index (χ2v) is 6.03. The van der Waals surface area contributed by atoms with Crippen LogP contribution in [0.15, 0.2) is 42.5 Å². The molecular weight excluding hydrogens is 303 g/mol.